The van der Waals surface area contributed by atoms with Gasteiger partial charge in [-0.15, -0.1) is 0 Å². The molecule has 0 spiro atoms. The first kappa shape index (κ1) is 16.6. The van der Waals surface area contributed by atoms with Crippen LogP contribution in [0.4, 0.5) is 0 Å². The largest absolute Gasteiger partial charge is 0.330 e. The van der Waals surface area contributed by atoms with Crippen molar-refractivity contribution < 1.29 is 13.2 Å². The number of carbonyl (C=O) groups is 1. The lowest BCUT2D eigenvalue weighted by atomic mass is 10.00. The number of hydrogen-bond acceptors (Lipinski definition) is 4. The van der Waals surface area contributed by atoms with Gasteiger partial charge in [0.15, 0.2) is 9.84 Å². The summed E-state index contributed by atoms with van der Waals surface area (Å²) in [4.78, 5) is 11.5. The molecule has 0 saturated heterocycles. The van der Waals surface area contributed by atoms with E-state index in [0.717, 1.165) is 12.8 Å². The van der Waals surface area contributed by atoms with Crippen LogP contribution in [0.3, 0.4) is 0 Å². The van der Waals surface area contributed by atoms with Gasteiger partial charge in [-0.3, -0.25) is 4.79 Å². The van der Waals surface area contributed by atoms with Crippen LogP contribution in [0.1, 0.15) is 46.5 Å². The predicted molar refractivity (Wildman–Crippen MR) is 70.6 cm³/mol. The van der Waals surface area contributed by atoms with Gasteiger partial charge in [-0.1, -0.05) is 6.92 Å². The third-order valence-electron chi connectivity index (χ3n) is 2.96. The van der Waals surface area contributed by atoms with Crippen LogP contribution < -0.4 is 5.73 Å². The lowest BCUT2D eigenvalue weighted by molar-refractivity contribution is -0.119. The molecule has 0 bridgehead atoms. The molecule has 0 fully saturated rings. The number of hydrogen-bond donors (Lipinski definition) is 1. The first-order valence-corrected chi connectivity index (χ1v) is 7.94. The Kier molecular flexibility index (Phi) is 7.63. The van der Waals surface area contributed by atoms with E-state index in [1.54, 1.807) is 13.8 Å². The zero-order valence-corrected chi connectivity index (χ0v) is 11.9. The molecule has 2 N–H and O–H groups in total. The van der Waals surface area contributed by atoms with Gasteiger partial charge in [-0.05, 0) is 39.2 Å². The molecule has 4 nitrogen and oxygen atoms in total. The van der Waals surface area contributed by atoms with E-state index in [2.05, 4.69) is 6.92 Å². The second-order valence-electron chi connectivity index (χ2n) is 4.93. The molecule has 0 aliphatic carbocycles. The van der Waals surface area contributed by atoms with Crippen molar-refractivity contribution in [3.63, 3.8) is 0 Å². The van der Waals surface area contributed by atoms with Gasteiger partial charge in [0.1, 0.15) is 5.78 Å². The normalized spacial score (nSPS) is 13.9. The van der Waals surface area contributed by atoms with E-state index in [-0.39, 0.29) is 18.0 Å². The van der Waals surface area contributed by atoms with Crippen molar-refractivity contribution in [2.45, 2.75) is 51.7 Å². The lowest BCUT2D eigenvalue weighted by Crippen LogP contribution is -2.20. The Morgan fingerprint density at radius 1 is 1.12 bits per heavy atom. The second kappa shape index (κ2) is 7.82. The quantitative estimate of drug-likeness (QED) is 0.684. The molecule has 0 aromatic heterocycles. The molecular formula is C12H25NO3S. The van der Waals surface area contributed by atoms with Crippen molar-refractivity contribution in [2.24, 2.45) is 11.7 Å². The highest BCUT2D eigenvalue weighted by Gasteiger charge is 2.17. The van der Waals surface area contributed by atoms with Crippen molar-refractivity contribution in [3.8, 4) is 0 Å². The monoisotopic (exact) mass is 263 g/mol. The van der Waals surface area contributed by atoms with Crippen molar-refractivity contribution in [3.05, 3.63) is 0 Å². The minimum absolute atomic E-state index is 0.0191. The van der Waals surface area contributed by atoms with Gasteiger partial charge in [0.2, 0.25) is 0 Å². The summed E-state index contributed by atoms with van der Waals surface area (Å²) < 4.78 is 23.0. The van der Waals surface area contributed by atoms with Crippen LogP contribution in [0.5, 0.6) is 0 Å². The van der Waals surface area contributed by atoms with Gasteiger partial charge in [0, 0.05) is 12.8 Å². The van der Waals surface area contributed by atoms with E-state index >= 15 is 0 Å². The fourth-order valence-corrected chi connectivity index (χ4v) is 2.44. The Morgan fingerprint density at radius 2 is 1.71 bits per heavy atom. The van der Waals surface area contributed by atoms with Gasteiger partial charge < -0.3 is 5.73 Å². The third kappa shape index (κ3) is 7.49. The average Bonchev–Trinajstić information content (AvgIpc) is 2.24. The summed E-state index contributed by atoms with van der Waals surface area (Å²) in [6.45, 7) is 5.98. The first-order valence-electron chi connectivity index (χ1n) is 6.23. The standard InChI is InChI=1S/C12H25NO3S/c1-10(2)17(15,16)9-7-12(14)5-4-11(3)6-8-13/h10-11H,4-9,13H2,1-3H3. The average molecular weight is 263 g/mol. The van der Waals surface area contributed by atoms with Crippen molar-refractivity contribution in [1.29, 1.82) is 0 Å². The van der Waals surface area contributed by atoms with Crippen molar-refractivity contribution >= 4 is 15.6 Å². The smallest absolute Gasteiger partial charge is 0.153 e. The minimum atomic E-state index is -3.08. The summed E-state index contributed by atoms with van der Waals surface area (Å²) in [7, 11) is -3.08. The molecule has 5 heteroatoms. The number of carbonyl (C=O) groups excluding carboxylic acids is 1. The molecule has 1 unspecified atom stereocenters. The molecule has 102 valence electrons. The van der Waals surface area contributed by atoms with Gasteiger partial charge in [-0.2, -0.15) is 0 Å². The molecule has 0 aromatic rings. The molecule has 0 aliphatic rings. The van der Waals surface area contributed by atoms with E-state index in [4.69, 9.17) is 5.73 Å². The van der Waals surface area contributed by atoms with E-state index < -0.39 is 15.1 Å². The maximum Gasteiger partial charge on any atom is 0.153 e. The van der Waals surface area contributed by atoms with E-state index in [0.29, 0.717) is 18.9 Å². The van der Waals surface area contributed by atoms with Crippen LogP contribution in [0.15, 0.2) is 0 Å². The molecular weight excluding hydrogens is 238 g/mol. The Hall–Kier alpha value is -0.420. The SMILES string of the molecule is CC(CCN)CCC(=O)CCS(=O)(=O)C(C)C. The molecule has 0 aliphatic heterocycles. The summed E-state index contributed by atoms with van der Waals surface area (Å²) in [6.07, 6.45) is 2.33. The lowest BCUT2D eigenvalue weighted by Gasteiger charge is -2.09. The molecule has 0 saturated carbocycles. The van der Waals surface area contributed by atoms with Crippen LogP contribution in [-0.4, -0.2) is 31.7 Å². The Balaban J connectivity index is 3.89. The minimum Gasteiger partial charge on any atom is -0.330 e. The molecule has 0 rings (SSSR count). The van der Waals surface area contributed by atoms with Crippen LogP contribution in [0.25, 0.3) is 0 Å². The molecule has 1 atom stereocenters. The maximum atomic E-state index is 11.5. The number of rotatable bonds is 9. The van der Waals surface area contributed by atoms with E-state index in [1.807, 2.05) is 0 Å². The third-order valence-corrected chi connectivity index (χ3v) is 5.17. The van der Waals surface area contributed by atoms with Crippen LogP contribution in [-0.2, 0) is 14.6 Å². The van der Waals surface area contributed by atoms with Gasteiger partial charge in [0.25, 0.3) is 0 Å². The Bertz CT molecular complexity index is 323. The van der Waals surface area contributed by atoms with Crippen molar-refractivity contribution in [2.75, 3.05) is 12.3 Å². The molecule has 0 heterocycles. The van der Waals surface area contributed by atoms with Gasteiger partial charge in [0.05, 0.1) is 11.0 Å². The van der Waals surface area contributed by atoms with Crippen LogP contribution in [0.2, 0.25) is 0 Å². The van der Waals surface area contributed by atoms with Crippen molar-refractivity contribution in [1.82, 2.24) is 0 Å². The molecule has 0 amide bonds. The molecule has 17 heavy (non-hydrogen) atoms. The highest BCUT2D eigenvalue weighted by Crippen LogP contribution is 2.11. The van der Waals surface area contributed by atoms with Crippen LogP contribution >= 0.6 is 0 Å². The van der Waals surface area contributed by atoms with E-state index in [9.17, 15) is 13.2 Å². The zero-order chi connectivity index (χ0) is 13.5. The Morgan fingerprint density at radius 3 is 2.18 bits per heavy atom. The molecule has 0 aromatic carbocycles. The summed E-state index contributed by atoms with van der Waals surface area (Å²) in [5, 5.41) is -0.397. The number of Topliss-reactive ketones (excluding diaryl/α,β-unsaturated/α-hetero) is 1. The zero-order valence-electron chi connectivity index (χ0n) is 11.1. The van der Waals surface area contributed by atoms with Gasteiger partial charge >= 0.3 is 0 Å². The summed E-state index contributed by atoms with van der Waals surface area (Å²) >= 11 is 0. The summed E-state index contributed by atoms with van der Waals surface area (Å²) in [5.41, 5.74) is 5.42. The van der Waals surface area contributed by atoms with Crippen LogP contribution in [0, 0.1) is 5.92 Å². The highest BCUT2D eigenvalue weighted by molar-refractivity contribution is 7.91. The Labute approximate surface area is 105 Å². The number of nitrogens with two attached hydrogens (primary N) is 1. The predicted octanol–water partition coefficient (Wildman–Crippen LogP) is 1.53. The summed E-state index contributed by atoms with van der Waals surface area (Å²) in [6, 6.07) is 0. The summed E-state index contributed by atoms with van der Waals surface area (Å²) in [5.74, 6) is 0.457. The number of sulfone groups is 1. The second-order valence-corrected chi connectivity index (χ2v) is 7.60. The van der Waals surface area contributed by atoms with Gasteiger partial charge in [-0.25, -0.2) is 8.42 Å². The van der Waals surface area contributed by atoms with E-state index in [1.165, 1.54) is 0 Å². The fraction of sp³-hybridized carbons (Fsp3) is 0.917. The molecule has 0 radical (unpaired) electrons. The first-order chi connectivity index (χ1) is 7.79. The highest BCUT2D eigenvalue weighted by atomic mass is 32.2. The fourth-order valence-electron chi connectivity index (χ4n) is 1.45. The topological polar surface area (TPSA) is 77.2 Å². The maximum absolute atomic E-state index is 11.5. The number of ketones is 1.